The van der Waals surface area contributed by atoms with Gasteiger partial charge in [0.2, 0.25) is 0 Å². The summed E-state index contributed by atoms with van der Waals surface area (Å²) in [6.45, 7) is 0. The molecular weight excluding hydrogens is 316 g/mol. The van der Waals surface area contributed by atoms with Crippen molar-refractivity contribution in [2.45, 2.75) is 5.92 Å². The topological polar surface area (TPSA) is 12.9 Å². The number of fused-ring (bicyclic) bond motifs is 4. The molecule has 0 N–H and O–H groups in total. The molecule has 1 aliphatic carbocycles. The van der Waals surface area contributed by atoms with Gasteiger partial charge in [-0.25, -0.2) is 0 Å². The molecule has 0 amide bonds. The van der Waals surface area contributed by atoms with Crippen molar-refractivity contribution in [1.29, 1.82) is 0 Å². The Balaban J connectivity index is 1.69. The van der Waals surface area contributed by atoms with Crippen LogP contribution in [0.4, 0.5) is 8.78 Å². The second-order valence-corrected chi connectivity index (χ2v) is 6.30. The third-order valence-corrected chi connectivity index (χ3v) is 4.84. The van der Waals surface area contributed by atoms with E-state index in [-0.39, 0.29) is 11.1 Å². The van der Waals surface area contributed by atoms with Crippen LogP contribution >= 0.6 is 0 Å². The Morgan fingerprint density at radius 2 is 1.44 bits per heavy atom. The molecule has 120 valence electrons. The molecule has 5 rings (SSSR count). The Hall–Kier alpha value is -3.07. The molecule has 0 aliphatic heterocycles. The van der Waals surface area contributed by atoms with E-state index in [1.54, 1.807) is 24.4 Å². The van der Waals surface area contributed by atoms with Crippen LogP contribution in [-0.2, 0) is 5.92 Å². The summed E-state index contributed by atoms with van der Waals surface area (Å²) >= 11 is 0. The zero-order valence-electron chi connectivity index (χ0n) is 13.2. The lowest BCUT2D eigenvalue weighted by Crippen LogP contribution is -2.11. The fourth-order valence-electron chi connectivity index (χ4n) is 3.57. The van der Waals surface area contributed by atoms with Crippen LogP contribution < -0.4 is 0 Å². The highest BCUT2D eigenvalue weighted by atomic mass is 19.3. The number of hydrogen-bond acceptors (Lipinski definition) is 1. The van der Waals surface area contributed by atoms with E-state index in [4.69, 9.17) is 0 Å². The molecule has 1 aliphatic rings. The third-order valence-electron chi connectivity index (χ3n) is 4.84. The van der Waals surface area contributed by atoms with Crippen LogP contribution in [0.2, 0.25) is 0 Å². The van der Waals surface area contributed by atoms with Crippen LogP contribution in [0.1, 0.15) is 11.1 Å². The number of halogens is 2. The first-order chi connectivity index (χ1) is 12.1. The minimum Gasteiger partial charge on any atom is -0.256 e. The Bertz CT molecular complexity index is 1130. The molecule has 0 atom stereocenters. The molecule has 25 heavy (non-hydrogen) atoms. The van der Waals surface area contributed by atoms with Crippen molar-refractivity contribution >= 4 is 10.8 Å². The van der Waals surface area contributed by atoms with Crippen LogP contribution in [0.25, 0.3) is 33.2 Å². The first-order valence-corrected chi connectivity index (χ1v) is 8.12. The first-order valence-electron chi connectivity index (χ1n) is 8.12. The standard InChI is InChI=1S/C22H13F2N/c23-22(24)19-8-4-3-7-17(19)18-13-25-21(12-20(18)22)16-10-9-14-5-1-2-6-15(14)11-16/h1-13H. The number of nitrogens with zero attached hydrogens (tertiary/aromatic N) is 1. The Morgan fingerprint density at radius 3 is 2.32 bits per heavy atom. The van der Waals surface area contributed by atoms with Gasteiger partial charge >= 0.3 is 0 Å². The molecule has 0 bridgehead atoms. The van der Waals surface area contributed by atoms with Crippen molar-refractivity contribution in [3.05, 3.63) is 90.1 Å². The molecule has 3 aromatic carbocycles. The summed E-state index contributed by atoms with van der Waals surface area (Å²) < 4.78 is 29.7. The highest BCUT2D eigenvalue weighted by Gasteiger charge is 2.44. The van der Waals surface area contributed by atoms with Gasteiger partial charge in [0.25, 0.3) is 5.92 Å². The SMILES string of the molecule is FC1(F)c2ccccc2-c2cnc(-c3ccc4ccccc4c3)cc21. The maximum Gasteiger partial charge on any atom is 0.299 e. The molecule has 0 saturated carbocycles. The van der Waals surface area contributed by atoms with Crippen LogP contribution in [0.15, 0.2) is 79.0 Å². The van der Waals surface area contributed by atoms with Crippen LogP contribution in [0.3, 0.4) is 0 Å². The highest BCUT2D eigenvalue weighted by Crippen LogP contribution is 2.51. The number of rotatable bonds is 1. The predicted octanol–water partition coefficient (Wildman–Crippen LogP) is 6.02. The summed E-state index contributed by atoms with van der Waals surface area (Å²) in [5, 5.41) is 2.18. The molecule has 4 aromatic rings. The summed E-state index contributed by atoms with van der Waals surface area (Å²) in [7, 11) is 0. The average Bonchev–Trinajstić information content (AvgIpc) is 2.89. The van der Waals surface area contributed by atoms with E-state index in [2.05, 4.69) is 4.98 Å². The monoisotopic (exact) mass is 329 g/mol. The van der Waals surface area contributed by atoms with E-state index in [9.17, 15) is 8.78 Å². The van der Waals surface area contributed by atoms with Crippen LogP contribution in [-0.4, -0.2) is 4.98 Å². The minimum atomic E-state index is -2.99. The molecule has 0 saturated heterocycles. The minimum absolute atomic E-state index is 0.0341. The Kier molecular flexibility index (Phi) is 2.84. The van der Waals surface area contributed by atoms with E-state index >= 15 is 0 Å². The van der Waals surface area contributed by atoms with Crippen LogP contribution in [0.5, 0.6) is 0 Å². The molecule has 3 heteroatoms. The molecule has 0 radical (unpaired) electrons. The van der Waals surface area contributed by atoms with Crippen molar-refractivity contribution < 1.29 is 8.78 Å². The van der Waals surface area contributed by atoms with Crippen molar-refractivity contribution in [2.75, 3.05) is 0 Å². The van der Waals surface area contributed by atoms with Crippen molar-refractivity contribution in [3.8, 4) is 22.4 Å². The second kappa shape index (κ2) is 4.96. The normalized spacial score (nSPS) is 14.3. The lowest BCUT2D eigenvalue weighted by molar-refractivity contribution is 0.0480. The molecule has 1 aromatic heterocycles. The average molecular weight is 329 g/mol. The summed E-state index contributed by atoms with van der Waals surface area (Å²) in [4.78, 5) is 4.46. The van der Waals surface area contributed by atoms with Gasteiger partial charge in [-0.3, -0.25) is 4.98 Å². The smallest absolute Gasteiger partial charge is 0.256 e. The molecular formula is C22H13F2N. The number of aromatic nitrogens is 1. The maximum absolute atomic E-state index is 14.9. The van der Waals surface area contributed by atoms with Gasteiger partial charge in [-0.15, -0.1) is 0 Å². The van der Waals surface area contributed by atoms with Crippen molar-refractivity contribution in [1.82, 2.24) is 4.98 Å². The lowest BCUT2D eigenvalue weighted by Gasteiger charge is -2.13. The zero-order valence-corrected chi connectivity index (χ0v) is 13.2. The fraction of sp³-hybridized carbons (Fsp3) is 0.0455. The summed E-state index contributed by atoms with van der Waals surface area (Å²) in [6.07, 6.45) is 1.57. The Morgan fingerprint density at radius 1 is 0.680 bits per heavy atom. The second-order valence-electron chi connectivity index (χ2n) is 6.30. The van der Waals surface area contributed by atoms with E-state index < -0.39 is 5.92 Å². The van der Waals surface area contributed by atoms with Gasteiger partial charge in [0.05, 0.1) is 5.69 Å². The predicted molar refractivity (Wildman–Crippen MR) is 95.6 cm³/mol. The summed E-state index contributed by atoms with van der Waals surface area (Å²) in [6, 6.07) is 22.1. The largest absolute Gasteiger partial charge is 0.299 e. The van der Waals surface area contributed by atoms with E-state index in [1.807, 2.05) is 42.5 Å². The quantitative estimate of drug-likeness (QED) is 0.416. The van der Waals surface area contributed by atoms with Gasteiger partial charge < -0.3 is 0 Å². The molecule has 1 heterocycles. The number of benzene rings is 3. The third kappa shape index (κ3) is 2.02. The van der Waals surface area contributed by atoms with Gasteiger partial charge in [-0.1, -0.05) is 60.7 Å². The Labute approximate surface area is 143 Å². The van der Waals surface area contributed by atoms with Gasteiger partial charge in [-0.05, 0) is 28.5 Å². The van der Waals surface area contributed by atoms with Gasteiger partial charge in [0.1, 0.15) is 0 Å². The van der Waals surface area contributed by atoms with E-state index in [0.29, 0.717) is 16.8 Å². The summed E-state index contributed by atoms with van der Waals surface area (Å²) in [5.74, 6) is -2.99. The molecule has 0 unspecified atom stereocenters. The first kappa shape index (κ1) is 14.3. The van der Waals surface area contributed by atoms with E-state index in [0.717, 1.165) is 16.3 Å². The summed E-state index contributed by atoms with van der Waals surface area (Å²) in [5.41, 5.74) is 2.59. The maximum atomic E-state index is 14.9. The van der Waals surface area contributed by atoms with E-state index in [1.165, 1.54) is 12.1 Å². The van der Waals surface area contributed by atoms with Gasteiger partial charge in [-0.2, -0.15) is 8.78 Å². The molecule has 1 nitrogen and oxygen atoms in total. The number of alkyl halides is 2. The lowest BCUT2D eigenvalue weighted by atomic mass is 10.0. The zero-order chi connectivity index (χ0) is 17.0. The number of pyridine rings is 1. The van der Waals surface area contributed by atoms with Gasteiger partial charge in [0.15, 0.2) is 0 Å². The van der Waals surface area contributed by atoms with Crippen molar-refractivity contribution in [3.63, 3.8) is 0 Å². The molecule has 0 fully saturated rings. The van der Waals surface area contributed by atoms with Crippen LogP contribution in [0, 0.1) is 0 Å². The highest BCUT2D eigenvalue weighted by molar-refractivity contribution is 5.87. The van der Waals surface area contributed by atoms with Crippen molar-refractivity contribution in [2.24, 2.45) is 0 Å². The molecule has 0 spiro atoms. The number of hydrogen-bond donors (Lipinski definition) is 0. The fourth-order valence-corrected chi connectivity index (χ4v) is 3.57. The van der Waals surface area contributed by atoms with Gasteiger partial charge in [0, 0.05) is 28.5 Å².